The first-order valence-electron chi connectivity index (χ1n) is 6.35. The first-order chi connectivity index (χ1) is 10.1. The lowest BCUT2D eigenvalue weighted by Crippen LogP contribution is -2.49. The van der Waals surface area contributed by atoms with Crippen molar-refractivity contribution < 1.29 is 21.6 Å². The van der Waals surface area contributed by atoms with Gasteiger partial charge in [0.1, 0.15) is 11.0 Å². The summed E-state index contributed by atoms with van der Waals surface area (Å²) >= 11 is 5.59. The van der Waals surface area contributed by atoms with E-state index in [9.17, 15) is 21.6 Å². The number of alkyl halides is 3. The Morgan fingerprint density at radius 2 is 2.14 bits per heavy atom. The minimum absolute atomic E-state index is 0.00381. The Morgan fingerprint density at radius 1 is 1.45 bits per heavy atom. The smallest absolute Gasteiger partial charge is 0.358 e. The van der Waals surface area contributed by atoms with Gasteiger partial charge in [-0.1, -0.05) is 11.6 Å². The minimum Gasteiger partial charge on any atom is -0.358 e. The summed E-state index contributed by atoms with van der Waals surface area (Å²) in [6.45, 7) is 0.637. The highest BCUT2D eigenvalue weighted by Crippen LogP contribution is 2.29. The molecule has 1 aliphatic rings. The molecule has 11 heteroatoms. The molecule has 0 amide bonds. The van der Waals surface area contributed by atoms with Crippen LogP contribution in [-0.4, -0.2) is 56.1 Å². The molecule has 0 saturated carbocycles. The average molecular weight is 359 g/mol. The van der Waals surface area contributed by atoms with E-state index in [1.165, 1.54) is 18.0 Å². The number of hydrogen-bond donors (Lipinski definition) is 1. The maximum absolute atomic E-state index is 12.7. The van der Waals surface area contributed by atoms with Crippen molar-refractivity contribution in [3.8, 4) is 0 Å². The number of nitrogens with zero attached hydrogens (tertiary/aromatic N) is 3. The monoisotopic (exact) mass is 358 g/mol. The Balaban J connectivity index is 2.22. The third-order valence-corrected chi connectivity index (χ3v) is 5.54. The first kappa shape index (κ1) is 17.2. The lowest BCUT2D eigenvalue weighted by molar-refractivity contribution is -0.144. The van der Waals surface area contributed by atoms with Crippen LogP contribution in [0.1, 0.15) is 5.82 Å². The molecule has 0 radical (unpaired) electrons. The number of rotatable bonds is 3. The van der Waals surface area contributed by atoms with E-state index in [1.807, 2.05) is 0 Å². The number of hydrogen-bond acceptors (Lipinski definition) is 6. The highest BCUT2D eigenvalue weighted by molar-refractivity contribution is 7.92. The van der Waals surface area contributed by atoms with Gasteiger partial charge in [-0.3, -0.25) is 0 Å². The molecular weight excluding hydrogens is 345 g/mol. The molecule has 0 aromatic carbocycles. The van der Waals surface area contributed by atoms with Crippen LogP contribution in [0.3, 0.4) is 0 Å². The normalized spacial score (nSPS) is 21.6. The number of sulfone groups is 1. The number of anilines is 1. The van der Waals surface area contributed by atoms with Crippen LogP contribution in [0.15, 0.2) is 6.07 Å². The van der Waals surface area contributed by atoms with Gasteiger partial charge in [0.25, 0.3) is 0 Å². The van der Waals surface area contributed by atoms with Gasteiger partial charge in [0, 0.05) is 32.7 Å². The molecule has 0 bridgehead atoms. The summed E-state index contributed by atoms with van der Waals surface area (Å²) in [6.07, 6.45) is -4.72. The van der Waals surface area contributed by atoms with E-state index in [0.29, 0.717) is 6.54 Å². The zero-order valence-electron chi connectivity index (χ0n) is 11.6. The summed E-state index contributed by atoms with van der Waals surface area (Å²) in [4.78, 5) is 7.87. The van der Waals surface area contributed by atoms with Crippen LogP contribution < -0.4 is 10.2 Å². The van der Waals surface area contributed by atoms with Crippen molar-refractivity contribution in [3.05, 3.63) is 17.0 Å². The van der Waals surface area contributed by atoms with Crippen molar-refractivity contribution >= 4 is 27.3 Å². The molecule has 1 unspecified atom stereocenters. The molecule has 0 aliphatic carbocycles. The maximum atomic E-state index is 12.7. The molecule has 0 spiro atoms. The second kappa shape index (κ2) is 6.17. The van der Waals surface area contributed by atoms with Crippen LogP contribution in [0.2, 0.25) is 5.15 Å². The lowest BCUT2D eigenvalue weighted by Gasteiger charge is -2.28. The molecular formula is C11H14ClF3N4O2S. The molecule has 1 aliphatic heterocycles. The molecule has 1 N–H and O–H groups in total. The van der Waals surface area contributed by atoms with Crippen molar-refractivity contribution in [2.24, 2.45) is 0 Å². The molecule has 2 rings (SSSR count). The predicted octanol–water partition coefficient (Wildman–Crippen LogP) is 0.972. The lowest BCUT2D eigenvalue weighted by atomic mass is 10.3. The average Bonchev–Trinajstić information content (AvgIpc) is 2.39. The molecule has 1 aromatic rings. The third-order valence-electron chi connectivity index (χ3n) is 3.25. The summed E-state index contributed by atoms with van der Waals surface area (Å²) in [5.74, 6) is -1.43. The van der Waals surface area contributed by atoms with E-state index in [4.69, 9.17) is 11.6 Å². The van der Waals surface area contributed by atoms with Crippen molar-refractivity contribution in [2.75, 3.05) is 37.3 Å². The van der Waals surface area contributed by atoms with Crippen molar-refractivity contribution in [2.45, 2.75) is 11.4 Å². The van der Waals surface area contributed by atoms with Gasteiger partial charge in [-0.2, -0.15) is 13.2 Å². The van der Waals surface area contributed by atoms with Gasteiger partial charge < -0.3 is 10.2 Å². The maximum Gasteiger partial charge on any atom is 0.451 e. The van der Waals surface area contributed by atoms with Gasteiger partial charge in [-0.05, 0) is 0 Å². The molecule has 6 nitrogen and oxygen atoms in total. The fourth-order valence-electron chi connectivity index (χ4n) is 2.08. The van der Waals surface area contributed by atoms with Gasteiger partial charge in [0.05, 0.1) is 11.0 Å². The summed E-state index contributed by atoms with van der Waals surface area (Å²) in [5, 5.41) is 1.88. The van der Waals surface area contributed by atoms with E-state index >= 15 is 0 Å². The largest absolute Gasteiger partial charge is 0.451 e. The Bertz CT molecular complexity index is 653. The molecule has 1 saturated heterocycles. The van der Waals surface area contributed by atoms with Gasteiger partial charge in [-0.25, -0.2) is 18.4 Å². The van der Waals surface area contributed by atoms with Crippen molar-refractivity contribution in [1.29, 1.82) is 0 Å². The summed E-state index contributed by atoms with van der Waals surface area (Å²) < 4.78 is 61.9. The van der Waals surface area contributed by atoms with Gasteiger partial charge in [-0.15, -0.1) is 0 Å². The van der Waals surface area contributed by atoms with Crippen LogP contribution in [0, 0.1) is 0 Å². The minimum atomic E-state index is -4.72. The van der Waals surface area contributed by atoms with Crippen LogP contribution in [0.5, 0.6) is 0 Å². The Labute approximate surface area is 130 Å². The van der Waals surface area contributed by atoms with Crippen LogP contribution >= 0.6 is 11.6 Å². The molecule has 1 fully saturated rings. The first-order valence-corrected chi connectivity index (χ1v) is 8.44. The molecule has 124 valence electrons. The second-order valence-corrected chi connectivity index (χ2v) is 7.73. The fraction of sp³-hybridized carbons (Fsp3) is 0.636. The zero-order chi connectivity index (χ0) is 16.5. The highest BCUT2D eigenvalue weighted by Gasteiger charge is 2.36. The van der Waals surface area contributed by atoms with Crippen molar-refractivity contribution in [3.63, 3.8) is 0 Å². The van der Waals surface area contributed by atoms with Crippen molar-refractivity contribution in [1.82, 2.24) is 15.3 Å². The van der Waals surface area contributed by atoms with Crippen LogP contribution in [0.25, 0.3) is 0 Å². The van der Waals surface area contributed by atoms with Crippen LogP contribution in [0.4, 0.5) is 19.0 Å². The highest BCUT2D eigenvalue weighted by atomic mass is 35.5. The fourth-order valence-corrected chi connectivity index (χ4v) is 3.84. The molecule has 1 aromatic heterocycles. The molecule has 1 atom stereocenters. The SMILES string of the molecule is CN(CC1CNCCS1(=O)=O)c1cc(Cl)nc(C(F)(F)F)n1. The molecule has 22 heavy (non-hydrogen) atoms. The van der Waals surface area contributed by atoms with E-state index in [0.717, 1.165) is 0 Å². The zero-order valence-corrected chi connectivity index (χ0v) is 13.1. The van der Waals surface area contributed by atoms with E-state index in [2.05, 4.69) is 15.3 Å². The van der Waals surface area contributed by atoms with Gasteiger partial charge in [0.2, 0.25) is 5.82 Å². The molecule has 2 heterocycles. The predicted molar refractivity (Wildman–Crippen MR) is 75.8 cm³/mol. The van der Waals surface area contributed by atoms with E-state index in [-0.39, 0.29) is 29.8 Å². The quantitative estimate of drug-likeness (QED) is 0.812. The summed E-state index contributed by atoms with van der Waals surface area (Å²) in [7, 11) is -1.82. The Kier molecular flexibility index (Phi) is 4.83. The van der Waals surface area contributed by atoms with Crippen LogP contribution in [-0.2, 0) is 16.0 Å². The van der Waals surface area contributed by atoms with Gasteiger partial charge in [0.15, 0.2) is 9.84 Å². The van der Waals surface area contributed by atoms with E-state index < -0.39 is 27.1 Å². The number of aromatic nitrogens is 2. The van der Waals surface area contributed by atoms with E-state index in [1.54, 1.807) is 0 Å². The van der Waals surface area contributed by atoms with Gasteiger partial charge >= 0.3 is 6.18 Å². The topological polar surface area (TPSA) is 75.2 Å². The third kappa shape index (κ3) is 3.99. The standard InChI is InChI=1S/C11H14ClF3N4O2S/c1-19(6-7-5-16-2-3-22(7,20)21)9-4-8(12)17-10(18-9)11(13,14)15/h4,7,16H,2-3,5-6H2,1H3. The summed E-state index contributed by atoms with van der Waals surface area (Å²) in [6, 6.07) is 1.17. The Hall–Kier alpha value is -1.13. The summed E-state index contributed by atoms with van der Waals surface area (Å²) in [5.41, 5.74) is 0. The number of nitrogens with one attached hydrogen (secondary N) is 1. The number of halogens is 4. The second-order valence-electron chi connectivity index (χ2n) is 4.94. The Morgan fingerprint density at radius 3 is 2.73 bits per heavy atom.